The van der Waals surface area contributed by atoms with Gasteiger partial charge in [-0.05, 0) is 63.4 Å². The van der Waals surface area contributed by atoms with Crippen LogP contribution in [0.1, 0.15) is 69.1 Å². The van der Waals surface area contributed by atoms with Gasteiger partial charge in [0.1, 0.15) is 18.2 Å². The van der Waals surface area contributed by atoms with Crippen LogP contribution in [0.3, 0.4) is 0 Å². The average molecular weight is 553 g/mol. The van der Waals surface area contributed by atoms with Gasteiger partial charge in [0, 0.05) is 24.2 Å². The predicted octanol–water partition coefficient (Wildman–Crippen LogP) is 5.26. The Labute approximate surface area is 236 Å². The van der Waals surface area contributed by atoms with Crippen LogP contribution in [0.5, 0.6) is 0 Å². The number of likely N-dealkylation sites (tertiary alicyclic amines) is 1. The maximum atomic E-state index is 12.9. The van der Waals surface area contributed by atoms with Gasteiger partial charge in [-0.1, -0.05) is 49.1 Å². The van der Waals surface area contributed by atoms with Gasteiger partial charge in [-0.25, -0.2) is 4.79 Å². The van der Waals surface area contributed by atoms with Gasteiger partial charge in [0.25, 0.3) is 0 Å². The van der Waals surface area contributed by atoms with E-state index in [2.05, 4.69) is 16.8 Å². The number of hydrogen-bond acceptors (Lipinski definition) is 8. The Hall–Kier alpha value is -3.24. The molecule has 2 aromatic rings. The zero-order chi connectivity index (χ0) is 28.7. The molecule has 2 heterocycles. The van der Waals surface area contributed by atoms with E-state index >= 15 is 0 Å². The molecule has 2 fully saturated rings. The van der Waals surface area contributed by atoms with E-state index in [9.17, 15) is 14.7 Å². The zero-order valence-electron chi connectivity index (χ0n) is 23.5. The van der Waals surface area contributed by atoms with Crippen LogP contribution in [-0.4, -0.2) is 59.5 Å². The molecule has 0 bridgehead atoms. The molecule has 0 radical (unpaired) electrons. The second kappa shape index (κ2) is 13.4. The molecule has 216 valence electrons. The van der Waals surface area contributed by atoms with E-state index in [1.165, 1.54) is 6.08 Å². The van der Waals surface area contributed by atoms with Crippen LogP contribution < -0.4 is 5.32 Å². The van der Waals surface area contributed by atoms with Crippen LogP contribution >= 0.6 is 0 Å². The van der Waals surface area contributed by atoms with Crippen molar-refractivity contribution in [1.82, 2.24) is 4.90 Å². The van der Waals surface area contributed by atoms with Gasteiger partial charge in [0.15, 0.2) is 6.29 Å². The Balaban J connectivity index is 1.53. The van der Waals surface area contributed by atoms with Crippen molar-refractivity contribution in [3.05, 3.63) is 77.9 Å². The van der Waals surface area contributed by atoms with Gasteiger partial charge < -0.3 is 24.1 Å². The predicted molar refractivity (Wildman–Crippen MR) is 150 cm³/mol. The second-order valence-electron chi connectivity index (χ2n) is 11.2. The largest absolute Gasteiger partial charge is 0.459 e. The highest BCUT2D eigenvalue weighted by Crippen LogP contribution is 2.39. The highest BCUT2D eigenvalue weighted by molar-refractivity contribution is 5.84. The van der Waals surface area contributed by atoms with Crippen LogP contribution in [0.25, 0.3) is 0 Å². The van der Waals surface area contributed by atoms with Gasteiger partial charge in [-0.3, -0.25) is 15.0 Å². The Morgan fingerprint density at radius 1 is 1.15 bits per heavy atom. The number of amides is 1. The number of aliphatic hydroxyl groups is 1. The van der Waals surface area contributed by atoms with Crippen molar-refractivity contribution in [2.75, 3.05) is 25.0 Å². The number of rotatable bonds is 9. The maximum Gasteiger partial charge on any atom is 0.411 e. The molecule has 0 aromatic heterocycles. The number of carbonyl (C=O) groups excluding carboxylic acids is 2. The summed E-state index contributed by atoms with van der Waals surface area (Å²) in [4.78, 5) is 27.2. The number of hydrogen-bond donors (Lipinski definition) is 2. The summed E-state index contributed by atoms with van der Waals surface area (Å²) in [6.45, 7) is 10.6. The summed E-state index contributed by atoms with van der Waals surface area (Å²) in [6.07, 6.45) is 1.99. The first-order chi connectivity index (χ1) is 19.1. The third kappa shape index (κ3) is 8.14. The molecule has 0 spiro atoms. The Morgan fingerprint density at radius 2 is 1.93 bits per heavy atom. The van der Waals surface area contributed by atoms with E-state index in [-0.39, 0.29) is 37.4 Å². The summed E-state index contributed by atoms with van der Waals surface area (Å²) < 4.78 is 23.6. The van der Waals surface area contributed by atoms with Crippen molar-refractivity contribution in [3.63, 3.8) is 0 Å². The molecule has 2 aliphatic rings. The third-order valence-corrected chi connectivity index (χ3v) is 6.83. The summed E-state index contributed by atoms with van der Waals surface area (Å²) in [5.41, 5.74) is 2.54. The van der Waals surface area contributed by atoms with Crippen LogP contribution in [0.4, 0.5) is 10.5 Å². The third-order valence-electron chi connectivity index (χ3n) is 6.83. The monoisotopic (exact) mass is 552 g/mol. The molecule has 1 amide bonds. The van der Waals surface area contributed by atoms with Gasteiger partial charge in [-0.15, -0.1) is 0 Å². The molecule has 9 heteroatoms. The summed E-state index contributed by atoms with van der Waals surface area (Å²) in [5.74, 6) is -0.202. The lowest BCUT2D eigenvalue weighted by Gasteiger charge is -2.38. The quantitative estimate of drug-likeness (QED) is 0.320. The Morgan fingerprint density at radius 3 is 2.62 bits per heavy atom. The lowest BCUT2D eigenvalue weighted by atomic mass is 9.99. The molecular weight excluding hydrogens is 512 g/mol. The van der Waals surface area contributed by atoms with Crippen molar-refractivity contribution in [2.45, 2.75) is 76.8 Å². The molecule has 4 rings (SSSR count). The van der Waals surface area contributed by atoms with E-state index in [0.717, 1.165) is 36.1 Å². The van der Waals surface area contributed by atoms with Crippen LogP contribution in [0.2, 0.25) is 0 Å². The van der Waals surface area contributed by atoms with Crippen molar-refractivity contribution in [3.8, 4) is 0 Å². The van der Waals surface area contributed by atoms with Crippen molar-refractivity contribution < 1.29 is 33.6 Å². The topological polar surface area (TPSA) is 107 Å². The fourth-order valence-electron chi connectivity index (χ4n) is 5.03. The van der Waals surface area contributed by atoms with E-state index in [1.54, 1.807) is 12.1 Å². The zero-order valence-corrected chi connectivity index (χ0v) is 23.5. The molecular formula is C31H40N2O7. The number of nitrogens with zero attached hydrogens (tertiary/aromatic N) is 1. The second-order valence-corrected chi connectivity index (χ2v) is 11.2. The summed E-state index contributed by atoms with van der Waals surface area (Å²) in [6, 6.07) is 14.7. The van der Waals surface area contributed by atoms with Crippen molar-refractivity contribution >= 4 is 17.7 Å². The summed E-state index contributed by atoms with van der Waals surface area (Å²) >= 11 is 0. The number of esters is 1. The number of ether oxygens (including phenoxy) is 4. The van der Waals surface area contributed by atoms with Gasteiger partial charge in [0.05, 0.1) is 18.8 Å². The number of anilines is 1. The molecule has 4 atom stereocenters. The normalized spacial score (nSPS) is 23.4. The lowest BCUT2D eigenvalue weighted by Crippen LogP contribution is -2.45. The fraction of sp³-hybridized carbons (Fsp3) is 0.484. The van der Waals surface area contributed by atoms with Crippen LogP contribution in [0.15, 0.2) is 61.2 Å². The summed E-state index contributed by atoms with van der Waals surface area (Å²) in [7, 11) is 0. The highest BCUT2D eigenvalue weighted by Gasteiger charge is 2.39. The molecule has 9 nitrogen and oxygen atoms in total. The molecule has 0 saturated carbocycles. The maximum absolute atomic E-state index is 12.9. The lowest BCUT2D eigenvalue weighted by molar-refractivity contribution is -0.253. The smallest absolute Gasteiger partial charge is 0.411 e. The average Bonchev–Trinajstić information content (AvgIpc) is 3.39. The molecule has 2 N–H and O–H groups in total. The Bertz CT molecular complexity index is 1160. The standard InChI is InChI=1S/C31H40N2O7/c1-5-16-37-30(36)32-24-9-6-8-23(17-24)29-38-25(18-27(39-29)22-13-11-21(20-34)12-14-22)19-33-15-7-10-26(33)28(35)40-31(2,3)4/h5-6,8-9,11-14,17,25-27,29,34H,1,7,10,15-16,18-20H2,2-4H3,(H,32,36)/t25-,26-,27+,29+/m0/s1. The number of carbonyl (C=O) groups is 2. The van der Waals surface area contributed by atoms with Crippen LogP contribution in [-0.2, 0) is 30.3 Å². The van der Waals surface area contributed by atoms with E-state index in [1.807, 2.05) is 57.2 Å². The molecule has 2 aromatic carbocycles. The fourth-order valence-corrected chi connectivity index (χ4v) is 5.03. The highest BCUT2D eigenvalue weighted by atomic mass is 16.7. The first-order valence-corrected chi connectivity index (χ1v) is 13.8. The van der Waals surface area contributed by atoms with Crippen LogP contribution in [0, 0.1) is 0 Å². The van der Waals surface area contributed by atoms with E-state index < -0.39 is 18.0 Å². The molecule has 0 unspecified atom stereocenters. The first-order valence-electron chi connectivity index (χ1n) is 13.8. The van der Waals surface area contributed by atoms with Gasteiger partial charge >= 0.3 is 12.1 Å². The minimum Gasteiger partial charge on any atom is -0.459 e. The van der Waals surface area contributed by atoms with E-state index in [0.29, 0.717) is 18.7 Å². The van der Waals surface area contributed by atoms with Gasteiger partial charge in [-0.2, -0.15) is 0 Å². The molecule has 2 saturated heterocycles. The van der Waals surface area contributed by atoms with Crippen molar-refractivity contribution in [2.24, 2.45) is 0 Å². The molecule has 40 heavy (non-hydrogen) atoms. The van der Waals surface area contributed by atoms with Gasteiger partial charge in [0.2, 0.25) is 0 Å². The molecule has 0 aliphatic carbocycles. The Kier molecular flexibility index (Phi) is 9.97. The first kappa shape index (κ1) is 29.7. The minimum atomic E-state index is -0.699. The SMILES string of the molecule is C=CCOC(=O)Nc1cccc([C@@H]2O[C@H](CN3CCC[C@H]3C(=O)OC(C)(C)C)C[C@H](c3ccc(CO)cc3)O2)c1. The van der Waals surface area contributed by atoms with Crippen molar-refractivity contribution in [1.29, 1.82) is 0 Å². The number of aliphatic hydroxyl groups excluding tert-OH is 1. The summed E-state index contributed by atoms with van der Waals surface area (Å²) in [5, 5.41) is 12.2. The minimum absolute atomic E-state index is 0.0315. The molecule has 2 aliphatic heterocycles. The number of nitrogens with one attached hydrogen (secondary N) is 1. The van der Waals surface area contributed by atoms with E-state index in [4.69, 9.17) is 18.9 Å². The number of benzene rings is 2.